The van der Waals surface area contributed by atoms with Gasteiger partial charge in [0.15, 0.2) is 0 Å². The van der Waals surface area contributed by atoms with E-state index < -0.39 is 0 Å². The highest BCUT2D eigenvalue weighted by Gasteiger charge is 2.05. The first-order valence-electron chi connectivity index (χ1n) is 2.34. The zero-order chi connectivity index (χ0) is 6.85. The van der Waals surface area contributed by atoms with Gasteiger partial charge >= 0.3 is 5.95 Å². The van der Waals surface area contributed by atoms with Crippen molar-refractivity contribution in [3.05, 3.63) is 11.2 Å². The molecule has 6 N–H and O–H groups in total. The van der Waals surface area contributed by atoms with E-state index in [9.17, 15) is 0 Å². The molecule has 0 fully saturated rings. The molecule has 1 heterocycles. The fourth-order valence-electron chi connectivity index (χ4n) is 0.524. The quantitative estimate of drug-likeness (QED) is 0.467. The van der Waals surface area contributed by atoms with E-state index in [1.54, 1.807) is 0 Å². The third-order valence-electron chi connectivity index (χ3n) is 0.815. The molecule has 0 atom stereocenters. The van der Waals surface area contributed by atoms with Crippen molar-refractivity contribution in [1.82, 2.24) is 0 Å². The van der Waals surface area contributed by atoms with Crippen molar-refractivity contribution < 1.29 is 9.97 Å². The Bertz CT molecular complexity index is 173. The number of rotatable bonds is 0. The van der Waals surface area contributed by atoms with Gasteiger partial charge in [0.2, 0.25) is 11.0 Å². The minimum atomic E-state index is 0.347. The summed E-state index contributed by atoms with van der Waals surface area (Å²) in [6.45, 7) is 0. The van der Waals surface area contributed by atoms with Crippen molar-refractivity contribution in [2.75, 3.05) is 11.5 Å². The first kappa shape index (κ1) is 6.10. The molecule has 0 aliphatic heterocycles. The smallest absolute Gasteiger partial charge is 0.359 e. The van der Waals surface area contributed by atoms with Gasteiger partial charge in [0.05, 0.1) is 6.07 Å². The average Bonchev–Trinajstić information content (AvgIpc) is 1.59. The highest BCUT2D eigenvalue weighted by molar-refractivity contribution is 6.28. The monoisotopic (exact) mass is 146 g/mol. The van der Waals surface area contributed by atoms with Crippen LogP contribution in [0.15, 0.2) is 6.07 Å². The van der Waals surface area contributed by atoms with Crippen LogP contribution in [0.2, 0.25) is 5.15 Å². The Balaban J connectivity index is 3.17. The molecule has 0 aliphatic carbocycles. The third-order valence-corrected chi connectivity index (χ3v) is 1.02. The Kier molecular flexibility index (Phi) is 1.40. The molecule has 1 aromatic heterocycles. The van der Waals surface area contributed by atoms with Crippen LogP contribution in [0.5, 0.6) is 0 Å². The van der Waals surface area contributed by atoms with Crippen LogP contribution >= 0.6 is 11.6 Å². The van der Waals surface area contributed by atoms with Crippen molar-refractivity contribution in [3.63, 3.8) is 0 Å². The molecule has 0 amide bonds. The van der Waals surface area contributed by atoms with E-state index in [0.717, 1.165) is 0 Å². The predicted octanol–water partition coefficient (Wildman–Crippen LogP) is -0.867. The molecule has 1 aromatic rings. The van der Waals surface area contributed by atoms with Crippen LogP contribution in [0.3, 0.4) is 0 Å². The lowest BCUT2D eigenvalue weighted by molar-refractivity contribution is -0.491. The Labute approximate surface area is 56.9 Å². The van der Waals surface area contributed by atoms with Gasteiger partial charge in [-0.05, 0) is 11.6 Å². The summed E-state index contributed by atoms with van der Waals surface area (Å²) in [6.07, 6.45) is 0. The first-order chi connectivity index (χ1) is 4.18. The molecule has 0 bridgehead atoms. The van der Waals surface area contributed by atoms with Crippen LogP contribution in [0.1, 0.15) is 0 Å². The number of nitrogen functional groups attached to an aromatic ring is 2. The van der Waals surface area contributed by atoms with Crippen molar-refractivity contribution >= 4 is 23.4 Å². The van der Waals surface area contributed by atoms with E-state index in [-0.39, 0.29) is 0 Å². The van der Waals surface area contributed by atoms with Crippen molar-refractivity contribution in [3.8, 4) is 0 Å². The van der Waals surface area contributed by atoms with Crippen LogP contribution in [0, 0.1) is 0 Å². The normalized spacial score (nSPS) is 9.44. The first-order valence-corrected chi connectivity index (χ1v) is 2.72. The number of aromatic nitrogens is 2. The summed E-state index contributed by atoms with van der Waals surface area (Å²) in [5, 5.41) is 0.420. The molecule has 0 radical (unpaired) electrons. The number of nitrogens with one attached hydrogen (secondary N) is 2. The fraction of sp³-hybridized carbons (Fsp3) is 0. The number of aromatic amines is 2. The van der Waals surface area contributed by atoms with Gasteiger partial charge in [0.25, 0.3) is 0 Å². The zero-order valence-corrected chi connectivity index (χ0v) is 5.37. The molecule has 4 nitrogen and oxygen atoms in total. The highest BCUT2D eigenvalue weighted by atomic mass is 35.5. The van der Waals surface area contributed by atoms with E-state index in [2.05, 4.69) is 9.97 Å². The van der Waals surface area contributed by atoms with Gasteiger partial charge in [0, 0.05) is 0 Å². The molecule has 9 heavy (non-hydrogen) atoms. The maximum absolute atomic E-state index is 5.51. The van der Waals surface area contributed by atoms with Crippen LogP contribution in [-0.2, 0) is 0 Å². The second-order valence-electron chi connectivity index (χ2n) is 1.61. The summed E-state index contributed by atoms with van der Waals surface area (Å²) in [7, 11) is 0. The maximum Gasteiger partial charge on any atom is 0.522 e. The topological polar surface area (TPSA) is 80.3 Å². The van der Waals surface area contributed by atoms with E-state index in [1.807, 2.05) is 0 Å². The van der Waals surface area contributed by atoms with E-state index in [4.69, 9.17) is 23.1 Å². The largest absolute Gasteiger partial charge is 0.522 e. The van der Waals surface area contributed by atoms with E-state index >= 15 is 0 Å². The van der Waals surface area contributed by atoms with Crippen LogP contribution in [0.4, 0.5) is 11.8 Å². The average molecular weight is 147 g/mol. The van der Waals surface area contributed by atoms with Gasteiger partial charge in [-0.3, -0.25) is 0 Å². The summed E-state index contributed by atoms with van der Waals surface area (Å²) in [5.74, 6) is 0.788. The molecule has 5 heteroatoms. The highest BCUT2D eigenvalue weighted by Crippen LogP contribution is 1.99. The molecule has 0 aliphatic rings. The molecule has 1 rings (SSSR count). The van der Waals surface area contributed by atoms with E-state index in [0.29, 0.717) is 16.9 Å². The van der Waals surface area contributed by atoms with Gasteiger partial charge in [-0.2, -0.15) is 4.98 Å². The van der Waals surface area contributed by atoms with Crippen molar-refractivity contribution in [1.29, 1.82) is 0 Å². The lowest BCUT2D eigenvalue weighted by atomic mass is 10.6. The van der Waals surface area contributed by atoms with Gasteiger partial charge in [0.1, 0.15) is 0 Å². The minimum Gasteiger partial charge on any atom is -0.359 e. The fourth-order valence-corrected chi connectivity index (χ4v) is 0.743. The molecule has 0 aromatic carbocycles. The number of halogens is 1. The zero-order valence-electron chi connectivity index (χ0n) is 4.61. The second-order valence-corrected chi connectivity index (χ2v) is 2.02. The van der Waals surface area contributed by atoms with Crippen LogP contribution < -0.4 is 21.4 Å². The number of hydrogen-bond donors (Lipinski definition) is 2. The number of anilines is 2. The Hall–Kier alpha value is -1.03. The lowest BCUT2D eigenvalue weighted by Gasteiger charge is -1.83. The Morgan fingerprint density at radius 3 is 2.44 bits per heavy atom. The molecular formula is C4H7ClN4+2. The van der Waals surface area contributed by atoms with Crippen LogP contribution in [0.25, 0.3) is 0 Å². The summed E-state index contributed by atoms with van der Waals surface area (Å²) < 4.78 is 0. The summed E-state index contributed by atoms with van der Waals surface area (Å²) in [4.78, 5) is 5.25. The predicted molar refractivity (Wildman–Crippen MR) is 33.4 cm³/mol. The molecule has 0 saturated heterocycles. The molecule has 0 unspecified atom stereocenters. The third kappa shape index (κ3) is 1.43. The van der Waals surface area contributed by atoms with Gasteiger partial charge in [-0.25, -0.2) is 5.73 Å². The SMILES string of the molecule is Nc1cc(Cl)[nH+]c(N)[nH+]1. The summed E-state index contributed by atoms with van der Waals surface area (Å²) >= 11 is 5.51. The van der Waals surface area contributed by atoms with Crippen LogP contribution in [-0.4, -0.2) is 0 Å². The minimum absolute atomic E-state index is 0.347. The van der Waals surface area contributed by atoms with Crippen molar-refractivity contribution in [2.24, 2.45) is 0 Å². The van der Waals surface area contributed by atoms with Crippen molar-refractivity contribution in [2.45, 2.75) is 0 Å². The second kappa shape index (κ2) is 2.06. The molecule has 0 saturated carbocycles. The van der Waals surface area contributed by atoms with Gasteiger partial charge in [-0.15, -0.1) is 4.98 Å². The number of hydrogen-bond acceptors (Lipinski definition) is 2. The lowest BCUT2D eigenvalue weighted by Crippen LogP contribution is -2.26. The van der Waals surface area contributed by atoms with Gasteiger partial charge < -0.3 is 5.73 Å². The molecule has 48 valence electrons. The maximum atomic E-state index is 5.51. The molecule has 0 spiro atoms. The number of H-pyrrole nitrogens is 2. The summed E-state index contributed by atoms with van der Waals surface area (Å²) in [5.41, 5.74) is 10.6. The number of nitrogens with two attached hydrogens (primary N) is 2. The van der Waals surface area contributed by atoms with E-state index in [1.165, 1.54) is 6.07 Å². The van der Waals surface area contributed by atoms with Gasteiger partial charge in [-0.1, -0.05) is 0 Å². The standard InChI is InChI=1S/C4H5ClN4/c5-2-1-3(6)9-4(7)8-2/h1H,(H4,6,7,8,9)/p+2. The summed E-state index contributed by atoms with van der Waals surface area (Å²) in [6, 6.07) is 1.54. The Morgan fingerprint density at radius 1 is 1.33 bits per heavy atom. The molecular weight excluding hydrogens is 140 g/mol. The Morgan fingerprint density at radius 2 is 2.00 bits per heavy atom.